The van der Waals surface area contributed by atoms with E-state index in [1.54, 1.807) is 18.2 Å². The number of aromatic nitrogens is 1. The van der Waals surface area contributed by atoms with Crippen molar-refractivity contribution in [3.8, 4) is 22.8 Å². The van der Waals surface area contributed by atoms with Crippen molar-refractivity contribution in [2.24, 2.45) is 0 Å². The number of halogens is 1. The molecule has 1 aromatic heterocycles. The first-order valence-electron chi connectivity index (χ1n) is 8.00. The summed E-state index contributed by atoms with van der Waals surface area (Å²) in [6, 6.07) is 12.6. The highest BCUT2D eigenvalue weighted by Gasteiger charge is 2.16. The quantitative estimate of drug-likeness (QED) is 0.744. The van der Waals surface area contributed by atoms with Crippen molar-refractivity contribution in [3.05, 3.63) is 58.7 Å². The number of ether oxygens (including phenoxy) is 2. The lowest BCUT2D eigenvalue weighted by atomic mass is 10.1. The van der Waals surface area contributed by atoms with Gasteiger partial charge in [-0.05, 0) is 42.8 Å². The highest BCUT2D eigenvalue weighted by atomic mass is 35.5. The Labute approximate surface area is 154 Å². The molecule has 6 nitrogen and oxygen atoms in total. The van der Waals surface area contributed by atoms with Crippen LogP contribution in [0.15, 0.2) is 47.0 Å². The van der Waals surface area contributed by atoms with Crippen LogP contribution in [0.25, 0.3) is 11.3 Å². The topological polar surface area (TPSA) is 73.6 Å². The number of carbonyl (C=O) groups is 1. The van der Waals surface area contributed by atoms with Crippen molar-refractivity contribution in [1.29, 1.82) is 0 Å². The average Bonchev–Trinajstić information content (AvgIpc) is 3.26. The Morgan fingerprint density at radius 1 is 1.15 bits per heavy atom. The minimum atomic E-state index is -0.199. The molecule has 3 aromatic rings. The van der Waals surface area contributed by atoms with E-state index in [0.29, 0.717) is 33.7 Å². The SMILES string of the molecule is Cc1ccc(NC(=O)Cc2cc(-c3ccc4c(c3)OCO4)on2)cc1Cl. The molecule has 2 heterocycles. The number of rotatable bonds is 4. The first-order valence-corrected chi connectivity index (χ1v) is 8.38. The summed E-state index contributed by atoms with van der Waals surface area (Å²) < 4.78 is 16.0. The molecule has 0 unspecified atom stereocenters. The summed E-state index contributed by atoms with van der Waals surface area (Å²) in [5.41, 5.74) is 2.94. The van der Waals surface area contributed by atoms with Crippen LogP contribution in [-0.2, 0) is 11.2 Å². The Morgan fingerprint density at radius 3 is 2.85 bits per heavy atom. The molecule has 1 amide bonds. The predicted molar refractivity (Wildman–Crippen MR) is 96.6 cm³/mol. The standard InChI is InChI=1S/C19H15ClN2O4/c1-11-2-4-13(7-15(11)20)21-19(23)9-14-8-17(26-22-14)12-3-5-16-18(6-12)25-10-24-16/h2-8H,9-10H2,1H3,(H,21,23). The maximum absolute atomic E-state index is 12.2. The summed E-state index contributed by atoms with van der Waals surface area (Å²) in [5.74, 6) is 1.72. The van der Waals surface area contributed by atoms with E-state index in [-0.39, 0.29) is 19.1 Å². The van der Waals surface area contributed by atoms with E-state index < -0.39 is 0 Å². The molecule has 1 aliphatic heterocycles. The molecule has 0 atom stereocenters. The van der Waals surface area contributed by atoms with Gasteiger partial charge >= 0.3 is 0 Å². The van der Waals surface area contributed by atoms with Gasteiger partial charge < -0.3 is 19.3 Å². The molecule has 132 valence electrons. The third-order valence-electron chi connectivity index (χ3n) is 4.01. The third-order valence-corrected chi connectivity index (χ3v) is 4.42. The van der Waals surface area contributed by atoms with Crippen molar-refractivity contribution in [3.63, 3.8) is 0 Å². The molecule has 2 aromatic carbocycles. The Balaban J connectivity index is 1.44. The van der Waals surface area contributed by atoms with Crippen molar-refractivity contribution in [1.82, 2.24) is 5.16 Å². The number of fused-ring (bicyclic) bond motifs is 1. The lowest BCUT2D eigenvalue weighted by molar-refractivity contribution is -0.115. The number of hydrogen-bond acceptors (Lipinski definition) is 5. The van der Waals surface area contributed by atoms with Crippen LogP contribution in [-0.4, -0.2) is 17.9 Å². The number of anilines is 1. The molecule has 0 saturated carbocycles. The van der Waals surface area contributed by atoms with E-state index in [9.17, 15) is 4.79 Å². The molecular weight excluding hydrogens is 356 g/mol. The molecule has 26 heavy (non-hydrogen) atoms. The molecule has 4 rings (SSSR count). The van der Waals surface area contributed by atoms with E-state index in [0.717, 1.165) is 11.1 Å². The normalized spacial score (nSPS) is 12.2. The number of benzene rings is 2. The van der Waals surface area contributed by atoms with Gasteiger partial charge in [-0.3, -0.25) is 4.79 Å². The zero-order chi connectivity index (χ0) is 18.1. The molecule has 1 N–H and O–H groups in total. The van der Waals surface area contributed by atoms with E-state index in [1.807, 2.05) is 31.2 Å². The van der Waals surface area contributed by atoms with Gasteiger partial charge in [0.2, 0.25) is 12.7 Å². The summed E-state index contributed by atoms with van der Waals surface area (Å²) in [6.07, 6.45) is 0.0968. The van der Waals surface area contributed by atoms with E-state index in [2.05, 4.69) is 10.5 Å². The first kappa shape index (κ1) is 16.5. The van der Waals surface area contributed by atoms with Crippen LogP contribution in [0.4, 0.5) is 5.69 Å². The maximum Gasteiger partial charge on any atom is 0.231 e. The first-order chi connectivity index (χ1) is 12.6. The maximum atomic E-state index is 12.2. The molecule has 0 bridgehead atoms. The summed E-state index contributed by atoms with van der Waals surface area (Å²) in [5, 5.41) is 7.37. The molecule has 0 fully saturated rings. The van der Waals surface area contributed by atoms with Gasteiger partial charge in [0.05, 0.1) is 12.1 Å². The second-order valence-corrected chi connectivity index (χ2v) is 6.35. The number of hydrogen-bond donors (Lipinski definition) is 1. The lowest BCUT2D eigenvalue weighted by Crippen LogP contribution is -2.14. The second kappa shape index (κ2) is 6.72. The minimum absolute atomic E-state index is 0.0968. The zero-order valence-corrected chi connectivity index (χ0v) is 14.7. The minimum Gasteiger partial charge on any atom is -0.454 e. The second-order valence-electron chi connectivity index (χ2n) is 5.94. The summed E-state index contributed by atoms with van der Waals surface area (Å²) in [7, 11) is 0. The largest absolute Gasteiger partial charge is 0.454 e. The number of nitrogens with one attached hydrogen (secondary N) is 1. The van der Waals surface area contributed by atoms with Crippen LogP contribution in [0, 0.1) is 6.92 Å². The Kier molecular flexibility index (Phi) is 4.26. The lowest BCUT2D eigenvalue weighted by Gasteiger charge is -2.05. The highest BCUT2D eigenvalue weighted by Crippen LogP contribution is 2.36. The van der Waals surface area contributed by atoms with Crippen LogP contribution in [0.5, 0.6) is 11.5 Å². The Bertz CT molecular complexity index is 983. The smallest absolute Gasteiger partial charge is 0.231 e. The van der Waals surface area contributed by atoms with E-state index in [4.69, 9.17) is 25.6 Å². The van der Waals surface area contributed by atoms with Gasteiger partial charge in [0, 0.05) is 22.3 Å². The van der Waals surface area contributed by atoms with Crippen molar-refractivity contribution in [2.75, 3.05) is 12.1 Å². The van der Waals surface area contributed by atoms with Gasteiger partial charge in [-0.15, -0.1) is 0 Å². The van der Waals surface area contributed by atoms with Gasteiger partial charge in [0.15, 0.2) is 17.3 Å². The number of nitrogens with zero attached hydrogens (tertiary/aromatic N) is 1. The highest BCUT2D eigenvalue weighted by molar-refractivity contribution is 6.31. The molecule has 0 radical (unpaired) electrons. The van der Waals surface area contributed by atoms with Gasteiger partial charge in [-0.25, -0.2) is 0 Å². The molecule has 0 saturated heterocycles. The van der Waals surface area contributed by atoms with Crippen LogP contribution in [0.3, 0.4) is 0 Å². The summed E-state index contributed by atoms with van der Waals surface area (Å²) >= 11 is 6.07. The van der Waals surface area contributed by atoms with Crippen LogP contribution < -0.4 is 14.8 Å². The monoisotopic (exact) mass is 370 g/mol. The van der Waals surface area contributed by atoms with Crippen molar-refractivity contribution < 1.29 is 18.8 Å². The number of amides is 1. The van der Waals surface area contributed by atoms with Gasteiger partial charge in [0.1, 0.15) is 0 Å². The van der Waals surface area contributed by atoms with Crippen LogP contribution >= 0.6 is 11.6 Å². The van der Waals surface area contributed by atoms with Gasteiger partial charge in [-0.1, -0.05) is 22.8 Å². The molecule has 0 spiro atoms. The average molecular weight is 371 g/mol. The molecule has 1 aliphatic rings. The fourth-order valence-corrected chi connectivity index (χ4v) is 2.80. The van der Waals surface area contributed by atoms with Gasteiger partial charge in [0.25, 0.3) is 0 Å². The molecule has 0 aliphatic carbocycles. The Morgan fingerprint density at radius 2 is 2.00 bits per heavy atom. The molecule has 7 heteroatoms. The fraction of sp³-hybridized carbons (Fsp3) is 0.158. The van der Waals surface area contributed by atoms with E-state index in [1.165, 1.54) is 0 Å². The molecular formula is C19H15ClN2O4. The van der Waals surface area contributed by atoms with Crippen molar-refractivity contribution >= 4 is 23.2 Å². The summed E-state index contributed by atoms with van der Waals surface area (Å²) in [6.45, 7) is 2.12. The third kappa shape index (κ3) is 3.36. The van der Waals surface area contributed by atoms with Gasteiger partial charge in [-0.2, -0.15) is 0 Å². The van der Waals surface area contributed by atoms with Crippen LogP contribution in [0.2, 0.25) is 5.02 Å². The Hall–Kier alpha value is -2.99. The van der Waals surface area contributed by atoms with Crippen molar-refractivity contribution in [2.45, 2.75) is 13.3 Å². The number of carbonyl (C=O) groups excluding carboxylic acids is 1. The zero-order valence-electron chi connectivity index (χ0n) is 13.9. The predicted octanol–water partition coefficient (Wildman–Crippen LogP) is 4.21. The summed E-state index contributed by atoms with van der Waals surface area (Å²) in [4.78, 5) is 12.2. The van der Waals surface area contributed by atoms with Crippen LogP contribution in [0.1, 0.15) is 11.3 Å². The van der Waals surface area contributed by atoms with E-state index >= 15 is 0 Å². The fourth-order valence-electron chi connectivity index (χ4n) is 2.62. The number of aryl methyl sites for hydroxylation is 1.